The third-order valence-electron chi connectivity index (χ3n) is 6.82. The first-order valence-corrected chi connectivity index (χ1v) is 12.5. The molecule has 0 unspecified atom stereocenters. The van der Waals surface area contributed by atoms with Gasteiger partial charge in [0, 0.05) is 11.1 Å². The van der Waals surface area contributed by atoms with E-state index in [9.17, 15) is 5.26 Å². The van der Waals surface area contributed by atoms with Crippen LogP contribution in [0.1, 0.15) is 102 Å². The van der Waals surface area contributed by atoms with Crippen LogP contribution in [0.5, 0.6) is 5.75 Å². The zero-order chi connectivity index (χ0) is 21.9. The molecule has 166 valence electrons. The summed E-state index contributed by atoms with van der Waals surface area (Å²) in [7, 11) is 0. The molecule has 0 radical (unpaired) electrons. The van der Waals surface area contributed by atoms with E-state index in [4.69, 9.17) is 4.74 Å². The maximum absolute atomic E-state index is 9.89. The summed E-state index contributed by atoms with van der Waals surface area (Å²) >= 11 is 0. The largest absolute Gasteiger partial charge is 0.493 e. The van der Waals surface area contributed by atoms with Gasteiger partial charge in [0.1, 0.15) is 5.75 Å². The standard InChI is InChI=1S/C29H39NO/c1-3-5-6-7-9-12-23-15-17-25(18-16-23)28-26(22-30)19-20-27(29(28)31-21-4-2)24-13-10-8-11-14-24/h8,10-11,13-14,19-20,23,25H,3-7,9,12,15-18,21H2,1-2H3. The van der Waals surface area contributed by atoms with Crippen LogP contribution >= 0.6 is 0 Å². The van der Waals surface area contributed by atoms with Crippen molar-refractivity contribution in [2.75, 3.05) is 6.61 Å². The first kappa shape index (κ1) is 23.4. The predicted octanol–water partition coefficient (Wildman–Crippen LogP) is 8.65. The number of hydrogen-bond acceptors (Lipinski definition) is 2. The highest BCUT2D eigenvalue weighted by Gasteiger charge is 2.28. The van der Waals surface area contributed by atoms with Gasteiger partial charge in [-0.1, -0.05) is 82.7 Å². The first-order chi connectivity index (χ1) is 15.3. The lowest BCUT2D eigenvalue weighted by Crippen LogP contribution is -2.16. The molecule has 3 rings (SSSR count). The molecule has 2 aromatic rings. The van der Waals surface area contributed by atoms with Crippen LogP contribution < -0.4 is 4.74 Å². The van der Waals surface area contributed by atoms with Crippen molar-refractivity contribution >= 4 is 0 Å². The van der Waals surface area contributed by atoms with E-state index in [-0.39, 0.29) is 0 Å². The Morgan fingerprint density at radius 2 is 1.61 bits per heavy atom. The Balaban J connectivity index is 1.78. The van der Waals surface area contributed by atoms with Crippen molar-refractivity contribution in [1.29, 1.82) is 5.26 Å². The summed E-state index contributed by atoms with van der Waals surface area (Å²) in [5, 5.41) is 9.89. The van der Waals surface area contributed by atoms with Crippen LogP contribution in [0.25, 0.3) is 11.1 Å². The Morgan fingerprint density at radius 1 is 0.871 bits per heavy atom. The van der Waals surface area contributed by atoms with Gasteiger partial charge in [0.25, 0.3) is 0 Å². The summed E-state index contributed by atoms with van der Waals surface area (Å²) in [5.74, 6) is 2.25. The number of hydrogen-bond donors (Lipinski definition) is 0. The highest BCUT2D eigenvalue weighted by Crippen LogP contribution is 2.46. The number of ether oxygens (including phenoxy) is 1. The molecule has 0 bridgehead atoms. The highest BCUT2D eigenvalue weighted by atomic mass is 16.5. The monoisotopic (exact) mass is 417 g/mol. The molecule has 1 fully saturated rings. The zero-order valence-electron chi connectivity index (χ0n) is 19.5. The van der Waals surface area contributed by atoms with Gasteiger partial charge in [-0.2, -0.15) is 5.26 Å². The van der Waals surface area contributed by atoms with Crippen molar-refractivity contribution in [3.63, 3.8) is 0 Å². The fourth-order valence-electron chi connectivity index (χ4n) is 5.08. The van der Waals surface area contributed by atoms with Crippen LogP contribution in [0.2, 0.25) is 0 Å². The van der Waals surface area contributed by atoms with Crippen LogP contribution in [0, 0.1) is 17.2 Å². The molecular weight excluding hydrogens is 378 g/mol. The fourth-order valence-corrected chi connectivity index (χ4v) is 5.08. The summed E-state index contributed by atoms with van der Waals surface area (Å²) in [6.45, 7) is 5.11. The molecule has 0 N–H and O–H groups in total. The highest BCUT2D eigenvalue weighted by molar-refractivity contribution is 5.74. The SMILES string of the molecule is CCCCCCCC1CCC(c2c(C#N)ccc(-c3ccccc3)c2OCCC)CC1. The van der Waals surface area contributed by atoms with Crippen molar-refractivity contribution < 1.29 is 4.74 Å². The zero-order valence-corrected chi connectivity index (χ0v) is 19.5. The number of rotatable bonds is 11. The molecule has 0 saturated heterocycles. The summed E-state index contributed by atoms with van der Waals surface area (Å²) in [6.07, 6.45) is 14.1. The fraction of sp³-hybridized carbons (Fsp3) is 0.552. The third kappa shape index (κ3) is 6.36. The van der Waals surface area contributed by atoms with E-state index in [0.717, 1.165) is 29.2 Å². The minimum Gasteiger partial charge on any atom is -0.493 e. The maximum Gasteiger partial charge on any atom is 0.131 e. The second-order valence-corrected chi connectivity index (χ2v) is 9.15. The Hall–Kier alpha value is -2.27. The van der Waals surface area contributed by atoms with Crippen molar-refractivity contribution in [2.24, 2.45) is 5.92 Å². The third-order valence-corrected chi connectivity index (χ3v) is 6.82. The van der Waals surface area contributed by atoms with Gasteiger partial charge < -0.3 is 4.74 Å². The lowest BCUT2D eigenvalue weighted by molar-refractivity contribution is 0.284. The summed E-state index contributed by atoms with van der Waals surface area (Å²) < 4.78 is 6.35. The van der Waals surface area contributed by atoms with Gasteiger partial charge in [0.2, 0.25) is 0 Å². The molecule has 0 aromatic heterocycles. The second-order valence-electron chi connectivity index (χ2n) is 9.15. The average Bonchev–Trinajstić information content (AvgIpc) is 2.83. The maximum atomic E-state index is 9.89. The predicted molar refractivity (Wildman–Crippen MR) is 130 cm³/mol. The Labute approximate surface area is 189 Å². The van der Waals surface area contributed by atoms with Gasteiger partial charge >= 0.3 is 0 Å². The van der Waals surface area contributed by atoms with E-state index < -0.39 is 0 Å². The van der Waals surface area contributed by atoms with Gasteiger partial charge in [-0.25, -0.2) is 0 Å². The van der Waals surface area contributed by atoms with Crippen LogP contribution in [0.15, 0.2) is 42.5 Å². The van der Waals surface area contributed by atoms with Crippen LogP contribution in [0.4, 0.5) is 0 Å². The molecule has 31 heavy (non-hydrogen) atoms. The molecule has 1 saturated carbocycles. The molecule has 0 atom stereocenters. The Kier molecular flexibility index (Phi) is 9.47. The molecule has 0 heterocycles. The van der Waals surface area contributed by atoms with Crippen molar-refractivity contribution in [3.8, 4) is 22.9 Å². The van der Waals surface area contributed by atoms with E-state index in [0.29, 0.717) is 12.5 Å². The summed E-state index contributed by atoms with van der Waals surface area (Å²) in [4.78, 5) is 0. The number of benzene rings is 2. The first-order valence-electron chi connectivity index (χ1n) is 12.5. The molecule has 1 aliphatic rings. The van der Waals surface area contributed by atoms with Crippen LogP contribution in [0.3, 0.4) is 0 Å². The molecule has 0 aliphatic heterocycles. The molecule has 1 aliphatic carbocycles. The Bertz CT molecular complexity index is 828. The molecule has 0 amide bonds. The normalized spacial score (nSPS) is 18.5. The minimum absolute atomic E-state index is 0.432. The number of unbranched alkanes of at least 4 members (excludes halogenated alkanes) is 4. The lowest BCUT2D eigenvalue weighted by atomic mass is 9.75. The van der Waals surface area contributed by atoms with Gasteiger partial charge in [0.15, 0.2) is 0 Å². The van der Waals surface area contributed by atoms with E-state index in [1.54, 1.807) is 0 Å². The lowest BCUT2D eigenvalue weighted by Gasteiger charge is -2.31. The molecule has 0 spiro atoms. The van der Waals surface area contributed by atoms with E-state index >= 15 is 0 Å². The minimum atomic E-state index is 0.432. The smallest absolute Gasteiger partial charge is 0.131 e. The van der Waals surface area contributed by atoms with E-state index in [2.05, 4.69) is 50.2 Å². The van der Waals surface area contributed by atoms with Gasteiger partial charge in [-0.05, 0) is 61.6 Å². The molecular formula is C29H39NO. The van der Waals surface area contributed by atoms with E-state index in [1.165, 1.54) is 75.3 Å². The molecule has 2 heteroatoms. The summed E-state index contributed by atoms with van der Waals surface area (Å²) in [5.41, 5.74) is 4.26. The van der Waals surface area contributed by atoms with Crippen molar-refractivity contribution in [3.05, 3.63) is 53.6 Å². The quantitative estimate of drug-likeness (QED) is 0.343. The van der Waals surface area contributed by atoms with Crippen molar-refractivity contribution in [1.82, 2.24) is 0 Å². The number of nitriles is 1. The molecule has 2 nitrogen and oxygen atoms in total. The summed E-state index contributed by atoms with van der Waals surface area (Å²) in [6, 6.07) is 17.0. The second kappa shape index (κ2) is 12.6. The van der Waals surface area contributed by atoms with Crippen LogP contribution in [-0.2, 0) is 0 Å². The average molecular weight is 418 g/mol. The van der Waals surface area contributed by atoms with Crippen LogP contribution in [-0.4, -0.2) is 6.61 Å². The van der Waals surface area contributed by atoms with Gasteiger partial charge in [0.05, 0.1) is 18.2 Å². The van der Waals surface area contributed by atoms with Gasteiger partial charge in [-0.3, -0.25) is 0 Å². The molecule has 2 aromatic carbocycles. The van der Waals surface area contributed by atoms with Crippen molar-refractivity contribution in [2.45, 2.75) is 90.4 Å². The van der Waals surface area contributed by atoms with E-state index in [1.807, 2.05) is 12.1 Å². The Morgan fingerprint density at radius 3 is 2.29 bits per heavy atom. The number of nitrogens with zero attached hydrogens (tertiary/aromatic N) is 1. The topological polar surface area (TPSA) is 33.0 Å². The van der Waals surface area contributed by atoms with Gasteiger partial charge in [-0.15, -0.1) is 0 Å².